The highest BCUT2D eigenvalue weighted by atomic mass is 32.2. The summed E-state index contributed by atoms with van der Waals surface area (Å²) in [7, 11) is -2.10. The molecule has 33 heavy (non-hydrogen) atoms. The molecular weight excluding hydrogens is 462 g/mol. The number of ether oxygens (including phenoxy) is 1. The summed E-state index contributed by atoms with van der Waals surface area (Å²) in [6, 6.07) is 17.4. The Hall–Kier alpha value is -3.70. The molecule has 11 heteroatoms. The molecule has 2 heterocycles. The summed E-state index contributed by atoms with van der Waals surface area (Å²) in [5, 5.41) is 8.59. The number of aromatic nitrogens is 3. The standard InChI is InChI=1S/C22H21N5O4S2/c1-26(33(29,30)22-3-2-12-32-22)18-8-10-20(11-9-18)31-14-21(28)24-13-17-4-6-19(7-5-17)27-16-23-15-25-27/h2-12,15-16H,13-14H2,1H3,(H,24,28). The Morgan fingerprint density at radius 2 is 1.88 bits per heavy atom. The van der Waals surface area contributed by atoms with Crippen molar-refractivity contribution in [1.82, 2.24) is 20.1 Å². The van der Waals surface area contributed by atoms with E-state index in [1.165, 1.54) is 29.0 Å². The monoisotopic (exact) mass is 483 g/mol. The lowest BCUT2D eigenvalue weighted by Gasteiger charge is -2.18. The van der Waals surface area contributed by atoms with Gasteiger partial charge < -0.3 is 10.1 Å². The summed E-state index contributed by atoms with van der Waals surface area (Å²) in [6.07, 6.45) is 3.08. The van der Waals surface area contributed by atoms with Crippen molar-refractivity contribution in [3.8, 4) is 11.4 Å². The molecule has 0 saturated carbocycles. The van der Waals surface area contributed by atoms with Gasteiger partial charge in [0.15, 0.2) is 6.61 Å². The average Bonchev–Trinajstić information content (AvgIpc) is 3.57. The summed E-state index contributed by atoms with van der Waals surface area (Å²) < 4.78 is 33.9. The molecular formula is C22H21N5O4S2. The van der Waals surface area contributed by atoms with E-state index < -0.39 is 10.0 Å². The summed E-state index contributed by atoms with van der Waals surface area (Å²) in [4.78, 5) is 16.0. The van der Waals surface area contributed by atoms with Gasteiger partial charge in [-0.15, -0.1) is 11.3 Å². The van der Waals surface area contributed by atoms with Gasteiger partial charge in [-0.25, -0.2) is 18.1 Å². The first-order chi connectivity index (χ1) is 15.9. The predicted molar refractivity (Wildman–Crippen MR) is 125 cm³/mol. The van der Waals surface area contributed by atoms with E-state index in [9.17, 15) is 13.2 Å². The van der Waals surface area contributed by atoms with Gasteiger partial charge in [-0.05, 0) is 53.4 Å². The van der Waals surface area contributed by atoms with Gasteiger partial charge >= 0.3 is 0 Å². The lowest BCUT2D eigenvalue weighted by molar-refractivity contribution is -0.123. The molecule has 170 valence electrons. The molecule has 1 amide bonds. The molecule has 0 spiro atoms. The van der Waals surface area contributed by atoms with Crippen LogP contribution in [-0.4, -0.2) is 42.7 Å². The largest absolute Gasteiger partial charge is 0.484 e. The normalized spacial score (nSPS) is 11.2. The van der Waals surface area contributed by atoms with Gasteiger partial charge in [0.25, 0.3) is 15.9 Å². The highest BCUT2D eigenvalue weighted by Gasteiger charge is 2.22. The van der Waals surface area contributed by atoms with Crippen LogP contribution in [0.2, 0.25) is 0 Å². The third kappa shape index (κ3) is 5.38. The van der Waals surface area contributed by atoms with E-state index in [0.29, 0.717) is 18.0 Å². The van der Waals surface area contributed by atoms with E-state index in [4.69, 9.17) is 4.74 Å². The number of hydrogen-bond acceptors (Lipinski definition) is 7. The number of nitrogens with one attached hydrogen (secondary N) is 1. The zero-order valence-corrected chi connectivity index (χ0v) is 19.3. The van der Waals surface area contributed by atoms with Gasteiger partial charge in [-0.3, -0.25) is 9.10 Å². The van der Waals surface area contributed by atoms with E-state index in [1.807, 2.05) is 24.3 Å². The number of amides is 1. The van der Waals surface area contributed by atoms with Crippen LogP contribution in [0.5, 0.6) is 5.75 Å². The second-order valence-corrected chi connectivity index (χ2v) is 10.1. The van der Waals surface area contributed by atoms with Crippen molar-refractivity contribution in [2.45, 2.75) is 10.8 Å². The summed E-state index contributed by atoms with van der Waals surface area (Å²) in [5.74, 6) is 0.199. The minimum atomic E-state index is -3.60. The van der Waals surface area contributed by atoms with Gasteiger partial charge in [-0.2, -0.15) is 5.10 Å². The first kappa shape index (κ1) is 22.5. The lowest BCUT2D eigenvalue weighted by Crippen LogP contribution is -2.28. The number of rotatable bonds is 9. The van der Waals surface area contributed by atoms with Crippen molar-refractivity contribution >= 4 is 33.0 Å². The Balaban J connectivity index is 1.26. The Bertz CT molecular complexity index is 1290. The van der Waals surface area contributed by atoms with Crippen molar-refractivity contribution in [2.24, 2.45) is 0 Å². The minimum Gasteiger partial charge on any atom is -0.484 e. The number of carbonyl (C=O) groups is 1. The third-order valence-electron chi connectivity index (χ3n) is 4.79. The summed E-state index contributed by atoms with van der Waals surface area (Å²) in [5.41, 5.74) is 2.31. The number of hydrogen-bond donors (Lipinski definition) is 1. The Morgan fingerprint density at radius 1 is 1.12 bits per heavy atom. The average molecular weight is 484 g/mol. The number of thiophene rings is 1. The number of anilines is 1. The van der Waals surface area contributed by atoms with Crippen LogP contribution in [0, 0.1) is 0 Å². The summed E-state index contributed by atoms with van der Waals surface area (Å²) >= 11 is 1.17. The van der Waals surface area contributed by atoms with Crippen molar-refractivity contribution < 1.29 is 17.9 Å². The van der Waals surface area contributed by atoms with Crippen LogP contribution in [0.25, 0.3) is 5.69 Å². The van der Waals surface area contributed by atoms with Crippen LogP contribution in [-0.2, 0) is 21.4 Å². The molecule has 0 saturated heterocycles. The molecule has 0 fully saturated rings. The van der Waals surface area contributed by atoms with E-state index in [2.05, 4.69) is 15.4 Å². The molecule has 0 atom stereocenters. The maximum absolute atomic E-state index is 12.6. The minimum absolute atomic E-state index is 0.153. The fraction of sp³-hybridized carbons (Fsp3) is 0.136. The fourth-order valence-electron chi connectivity index (χ4n) is 2.94. The van der Waals surface area contributed by atoms with Gasteiger partial charge in [0.2, 0.25) is 0 Å². The molecule has 0 aliphatic rings. The van der Waals surface area contributed by atoms with Gasteiger partial charge in [0, 0.05) is 13.6 Å². The Labute approximate surface area is 195 Å². The smallest absolute Gasteiger partial charge is 0.273 e. The second-order valence-electron chi connectivity index (χ2n) is 6.97. The quantitative estimate of drug-likeness (QED) is 0.392. The predicted octanol–water partition coefficient (Wildman–Crippen LogP) is 2.85. The SMILES string of the molecule is CN(c1ccc(OCC(=O)NCc2ccc(-n3cncn3)cc2)cc1)S(=O)(=O)c1cccs1. The van der Waals surface area contributed by atoms with Crippen LogP contribution in [0.1, 0.15) is 5.56 Å². The number of sulfonamides is 1. The molecule has 0 bridgehead atoms. The topological polar surface area (TPSA) is 106 Å². The van der Waals surface area contributed by atoms with Gasteiger partial charge in [0.1, 0.15) is 22.6 Å². The van der Waals surface area contributed by atoms with Crippen LogP contribution in [0.15, 0.2) is 82.9 Å². The van der Waals surface area contributed by atoms with Crippen molar-refractivity contribution in [1.29, 1.82) is 0 Å². The molecule has 9 nitrogen and oxygen atoms in total. The molecule has 4 aromatic rings. The van der Waals surface area contributed by atoms with Gasteiger partial charge in [0.05, 0.1) is 11.4 Å². The van der Waals surface area contributed by atoms with Crippen molar-refractivity contribution in [3.05, 3.63) is 84.3 Å². The lowest BCUT2D eigenvalue weighted by atomic mass is 10.2. The maximum atomic E-state index is 12.6. The first-order valence-corrected chi connectivity index (χ1v) is 12.2. The van der Waals surface area contributed by atoms with E-state index in [-0.39, 0.29) is 16.7 Å². The fourth-order valence-corrected chi connectivity index (χ4v) is 5.30. The number of carbonyl (C=O) groups excluding carboxylic acids is 1. The van der Waals surface area contributed by atoms with E-state index >= 15 is 0 Å². The highest BCUT2D eigenvalue weighted by Crippen LogP contribution is 2.26. The number of benzene rings is 2. The maximum Gasteiger partial charge on any atom is 0.273 e. The third-order valence-corrected chi connectivity index (χ3v) is 7.95. The highest BCUT2D eigenvalue weighted by molar-refractivity contribution is 7.94. The van der Waals surface area contributed by atoms with Crippen molar-refractivity contribution in [3.63, 3.8) is 0 Å². The van der Waals surface area contributed by atoms with E-state index in [0.717, 1.165) is 11.3 Å². The molecule has 2 aromatic carbocycles. The van der Waals surface area contributed by atoms with Crippen LogP contribution < -0.4 is 14.4 Å². The molecule has 0 aliphatic carbocycles. The first-order valence-electron chi connectivity index (χ1n) is 9.89. The van der Waals surface area contributed by atoms with Crippen molar-refractivity contribution in [2.75, 3.05) is 18.0 Å². The molecule has 1 N–H and O–H groups in total. The molecule has 2 aromatic heterocycles. The Kier molecular flexibility index (Phi) is 6.71. The second kappa shape index (κ2) is 9.84. The van der Waals surface area contributed by atoms with Gasteiger partial charge in [-0.1, -0.05) is 18.2 Å². The molecule has 0 radical (unpaired) electrons. The van der Waals surface area contributed by atoms with Crippen LogP contribution in [0.4, 0.5) is 5.69 Å². The Morgan fingerprint density at radius 3 is 2.52 bits per heavy atom. The van der Waals surface area contributed by atoms with E-state index in [1.54, 1.807) is 52.8 Å². The molecule has 0 aliphatic heterocycles. The summed E-state index contributed by atoms with van der Waals surface area (Å²) in [6.45, 7) is 0.212. The van der Waals surface area contributed by atoms with Crippen LogP contribution >= 0.6 is 11.3 Å². The zero-order valence-electron chi connectivity index (χ0n) is 17.7. The molecule has 0 unspecified atom stereocenters. The van der Waals surface area contributed by atoms with Crippen LogP contribution in [0.3, 0.4) is 0 Å². The zero-order chi connectivity index (χ0) is 23.3. The molecule has 4 rings (SSSR count). The number of nitrogens with zero attached hydrogens (tertiary/aromatic N) is 4.